The SMILES string of the molecule is CCC(C(=O)O)N(C)C(=O)c1cc(S(C)(=O)=O)ccc1C. The van der Waals surface area contributed by atoms with E-state index in [1.54, 1.807) is 19.9 Å². The lowest BCUT2D eigenvalue weighted by molar-refractivity contribution is -0.142. The number of sulfone groups is 1. The van der Waals surface area contributed by atoms with Gasteiger partial charge in [-0.25, -0.2) is 13.2 Å². The van der Waals surface area contributed by atoms with Crippen molar-refractivity contribution in [3.63, 3.8) is 0 Å². The van der Waals surface area contributed by atoms with Crippen LogP contribution in [0.5, 0.6) is 0 Å². The van der Waals surface area contributed by atoms with Gasteiger partial charge in [0.2, 0.25) is 0 Å². The molecule has 1 amide bonds. The minimum atomic E-state index is -3.43. The Hall–Kier alpha value is -1.89. The van der Waals surface area contributed by atoms with E-state index in [9.17, 15) is 18.0 Å². The Morgan fingerprint density at radius 2 is 1.90 bits per heavy atom. The van der Waals surface area contributed by atoms with Crippen molar-refractivity contribution in [2.24, 2.45) is 0 Å². The van der Waals surface area contributed by atoms with Crippen molar-refractivity contribution in [2.75, 3.05) is 13.3 Å². The quantitative estimate of drug-likeness (QED) is 0.885. The van der Waals surface area contributed by atoms with Gasteiger partial charge in [0, 0.05) is 18.9 Å². The van der Waals surface area contributed by atoms with Crippen LogP contribution in [-0.2, 0) is 14.6 Å². The lowest BCUT2D eigenvalue weighted by Crippen LogP contribution is -2.42. The van der Waals surface area contributed by atoms with Gasteiger partial charge in [-0.3, -0.25) is 4.79 Å². The summed E-state index contributed by atoms with van der Waals surface area (Å²) >= 11 is 0. The zero-order valence-electron chi connectivity index (χ0n) is 12.5. The molecule has 1 aromatic carbocycles. The summed E-state index contributed by atoms with van der Waals surface area (Å²) in [6, 6.07) is 3.31. The van der Waals surface area contributed by atoms with Crippen LogP contribution in [0, 0.1) is 6.92 Å². The average Bonchev–Trinajstić information content (AvgIpc) is 2.37. The molecule has 0 radical (unpaired) electrons. The first-order chi connectivity index (χ1) is 9.59. The van der Waals surface area contributed by atoms with Gasteiger partial charge < -0.3 is 10.0 Å². The van der Waals surface area contributed by atoms with Gasteiger partial charge in [0.25, 0.3) is 5.91 Å². The van der Waals surface area contributed by atoms with Crippen LogP contribution in [0.3, 0.4) is 0 Å². The summed E-state index contributed by atoms with van der Waals surface area (Å²) in [4.78, 5) is 24.7. The standard InChI is InChI=1S/C14H19NO5S/c1-5-12(14(17)18)15(3)13(16)11-8-10(21(4,19)20)7-6-9(11)2/h6-8,12H,5H2,1-4H3,(H,17,18). The number of hydrogen-bond acceptors (Lipinski definition) is 4. The summed E-state index contributed by atoms with van der Waals surface area (Å²) in [5.41, 5.74) is 0.791. The van der Waals surface area contributed by atoms with Gasteiger partial charge in [0.05, 0.1) is 4.90 Å². The Morgan fingerprint density at radius 3 is 2.33 bits per heavy atom. The summed E-state index contributed by atoms with van der Waals surface area (Å²) in [5, 5.41) is 9.10. The minimum Gasteiger partial charge on any atom is -0.480 e. The molecule has 0 bridgehead atoms. The minimum absolute atomic E-state index is 0.0354. The topological polar surface area (TPSA) is 91.8 Å². The summed E-state index contributed by atoms with van der Waals surface area (Å²) in [7, 11) is -2.03. The predicted molar refractivity (Wildman–Crippen MR) is 78.1 cm³/mol. The molecular formula is C14H19NO5S. The van der Waals surface area contributed by atoms with E-state index >= 15 is 0 Å². The van der Waals surface area contributed by atoms with Crippen molar-refractivity contribution in [1.29, 1.82) is 0 Å². The third-order valence-corrected chi connectivity index (χ3v) is 4.44. The molecule has 6 nitrogen and oxygen atoms in total. The number of amides is 1. The zero-order valence-corrected chi connectivity index (χ0v) is 13.3. The molecule has 1 aromatic rings. The molecule has 21 heavy (non-hydrogen) atoms. The summed E-state index contributed by atoms with van der Waals surface area (Å²) in [6.45, 7) is 3.34. The van der Waals surface area contributed by atoms with Crippen LogP contribution >= 0.6 is 0 Å². The number of carboxylic acid groups (broad SMARTS) is 1. The highest BCUT2D eigenvalue weighted by molar-refractivity contribution is 7.90. The average molecular weight is 313 g/mol. The fraction of sp³-hybridized carbons (Fsp3) is 0.429. The monoisotopic (exact) mass is 313 g/mol. The molecule has 0 aliphatic rings. The fourth-order valence-corrected chi connectivity index (χ4v) is 2.65. The number of carboxylic acids is 1. The number of rotatable bonds is 5. The first kappa shape index (κ1) is 17.2. The van der Waals surface area contributed by atoms with Crippen LogP contribution in [0.25, 0.3) is 0 Å². The molecule has 0 spiro atoms. The van der Waals surface area contributed by atoms with Gasteiger partial charge >= 0.3 is 5.97 Å². The Kier molecular flexibility index (Phi) is 5.11. The third-order valence-electron chi connectivity index (χ3n) is 3.33. The number of carbonyl (C=O) groups is 2. The molecule has 0 aliphatic carbocycles. The molecule has 116 valence electrons. The largest absolute Gasteiger partial charge is 0.480 e. The summed E-state index contributed by atoms with van der Waals surface area (Å²) in [5.74, 6) is -1.60. The molecule has 0 aliphatic heterocycles. The van der Waals surface area contributed by atoms with Crippen molar-refractivity contribution < 1.29 is 23.1 Å². The smallest absolute Gasteiger partial charge is 0.326 e. The van der Waals surface area contributed by atoms with E-state index in [1.165, 1.54) is 19.2 Å². The normalized spacial score (nSPS) is 12.8. The molecule has 0 saturated heterocycles. The number of aliphatic carboxylic acids is 1. The van der Waals surface area contributed by atoms with E-state index in [1.807, 2.05) is 0 Å². The van der Waals surface area contributed by atoms with Gasteiger partial charge in [-0.1, -0.05) is 13.0 Å². The second-order valence-corrected chi connectivity index (χ2v) is 6.94. The summed E-state index contributed by atoms with van der Waals surface area (Å²) < 4.78 is 23.1. The number of likely N-dealkylation sites (N-methyl/N-ethyl adjacent to an activating group) is 1. The molecule has 0 saturated carbocycles. The number of carbonyl (C=O) groups excluding carboxylic acids is 1. The second kappa shape index (κ2) is 6.26. The Balaban J connectivity index is 3.27. The predicted octanol–water partition coefficient (Wildman–Crippen LogP) is 1.33. The van der Waals surface area contributed by atoms with Crippen LogP contribution in [0.1, 0.15) is 29.3 Å². The maximum Gasteiger partial charge on any atom is 0.326 e. The van der Waals surface area contributed by atoms with Crippen LogP contribution in [0.4, 0.5) is 0 Å². The maximum absolute atomic E-state index is 12.4. The zero-order chi connectivity index (χ0) is 16.4. The van der Waals surface area contributed by atoms with Crippen molar-refractivity contribution in [3.8, 4) is 0 Å². The number of nitrogens with zero attached hydrogens (tertiary/aromatic N) is 1. The molecule has 1 N–H and O–H groups in total. The molecule has 0 aromatic heterocycles. The van der Waals surface area contributed by atoms with Gasteiger partial charge in [0.15, 0.2) is 9.84 Å². The molecule has 1 unspecified atom stereocenters. The van der Waals surface area contributed by atoms with Crippen LogP contribution in [-0.4, -0.2) is 49.6 Å². The lowest BCUT2D eigenvalue weighted by atomic mass is 10.1. The second-order valence-electron chi connectivity index (χ2n) is 4.93. The van der Waals surface area contributed by atoms with E-state index in [0.29, 0.717) is 5.56 Å². The van der Waals surface area contributed by atoms with Crippen LogP contribution < -0.4 is 0 Å². The lowest BCUT2D eigenvalue weighted by Gasteiger charge is -2.24. The van der Waals surface area contributed by atoms with Gasteiger partial charge in [-0.2, -0.15) is 0 Å². The molecule has 1 rings (SSSR count). The molecular weight excluding hydrogens is 294 g/mol. The Morgan fingerprint density at radius 1 is 1.33 bits per heavy atom. The van der Waals surface area contributed by atoms with Crippen molar-refractivity contribution >= 4 is 21.7 Å². The first-order valence-corrected chi connectivity index (χ1v) is 8.29. The third kappa shape index (κ3) is 3.81. The van der Waals surface area contributed by atoms with Gasteiger partial charge in [0.1, 0.15) is 6.04 Å². The highest BCUT2D eigenvalue weighted by atomic mass is 32.2. The number of aryl methyl sites for hydroxylation is 1. The molecule has 0 fully saturated rings. The van der Waals surface area contributed by atoms with E-state index in [4.69, 9.17) is 5.11 Å². The van der Waals surface area contributed by atoms with Crippen LogP contribution in [0.2, 0.25) is 0 Å². The molecule has 0 heterocycles. The van der Waals surface area contributed by atoms with Crippen molar-refractivity contribution in [3.05, 3.63) is 29.3 Å². The highest BCUT2D eigenvalue weighted by Gasteiger charge is 2.27. The van der Waals surface area contributed by atoms with Gasteiger partial charge in [-0.05, 0) is 31.0 Å². The van der Waals surface area contributed by atoms with E-state index in [0.717, 1.165) is 11.2 Å². The Labute approximate surface area is 124 Å². The maximum atomic E-state index is 12.4. The molecule has 7 heteroatoms. The Bertz CT molecular complexity index is 666. The number of hydrogen-bond donors (Lipinski definition) is 1. The van der Waals surface area contributed by atoms with E-state index in [-0.39, 0.29) is 16.9 Å². The van der Waals surface area contributed by atoms with Gasteiger partial charge in [-0.15, -0.1) is 0 Å². The van der Waals surface area contributed by atoms with Crippen molar-refractivity contribution in [1.82, 2.24) is 4.90 Å². The van der Waals surface area contributed by atoms with E-state index in [2.05, 4.69) is 0 Å². The van der Waals surface area contributed by atoms with Crippen LogP contribution in [0.15, 0.2) is 23.1 Å². The first-order valence-electron chi connectivity index (χ1n) is 6.40. The highest BCUT2D eigenvalue weighted by Crippen LogP contribution is 2.18. The number of benzene rings is 1. The fourth-order valence-electron chi connectivity index (χ4n) is 2.01. The van der Waals surface area contributed by atoms with Crippen molar-refractivity contribution in [2.45, 2.75) is 31.2 Å². The molecule has 1 atom stereocenters. The summed E-state index contributed by atoms with van der Waals surface area (Å²) in [6.07, 6.45) is 1.32. The van der Waals surface area contributed by atoms with E-state index < -0.39 is 27.8 Å².